The molecule has 4 heterocycles. The number of para-hydroxylation sites is 2. The first-order valence-corrected chi connectivity index (χ1v) is 17.3. The van der Waals surface area contributed by atoms with Gasteiger partial charge in [-0.3, -0.25) is 0 Å². The maximum atomic E-state index is 7.93. The van der Waals surface area contributed by atoms with Gasteiger partial charge in [0.1, 0.15) is 27.9 Å². The fraction of sp³-hybridized carbons (Fsp3) is 0.200. The van der Waals surface area contributed by atoms with Crippen molar-refractivity contribution in [2.45, 2.75) is 53.3 Å². The fourth-order valence-corrected chi connectivity index (χ4v) is 7.84. The van der Waals surface area contributed by atoms with Crippen LogP contribution in [0.1, 0.15) is 66.0 Å². The molecule has 0 aliphatic heterocycles. The normalized spacial score (nSPS) is 13.4. The topological polar surface area (TPSA) is 48.0 Å². The summed E-state index contributed by atoms with van der Waals surface area (Å²) in [7, 11) is 2.14. The molecule has 0 spiro atoms. The zero-order valence-electron chi connectivity index (χ0n) is 32.1. The Bertz CT molecular complexity index is 2880. The number of pyridine rings is 1. The van der Waals surface area contributed by atoms with Crippen molar-refractivity contribution in [3.05, 3.63) is 126 Å². The van der Waals surface area contributed by atoms with Gasteiger partial charge in [0, 0.05) is 31.7 Å². The van der Waals surface area contributed by atoms with Crippen LogP contribution < -0.4 is 4.57 Å². The number of fused-ring (bicyclic) bond motifs is 8. The van der Waals surface area contributed by atoms with E-state index >= 15 is 0 Å². The van der Waals surface area contributed by atoms with E-state index in [1.54, 1.807) is 6.07 Å². The molecule has 0 atom stereocenters. The van der Waals surface area contributed by atoms with Crippen LogP contribution in [0.5, 0.6) is 0 Å². The monoisotopic (exact) mass is 657 g/mol. The van der Waals surface area contributed by atoms with Gasteiger partial charge < -0.3 is 8.83 Å². The second kappa shape index (κ2) is 11.2. The Labute approximate surface area is 295 Å². The smallest absolute Gasteiger partial charge is 0.299 e. The van der Waals surface area contributed by atoms with Crippen LogP contribution in [0.2, 0.25) is 0 Å². The molecule has 0 aliphatic carbocycles. The molecule has 5 heteroatoms. The highest BCUT2D eigenvalue weighted by molar-refractivity contribution is 6.22. The van der Waals surface area contributed by atoms with Crippen LogP contribution in [0.3, 0.4) is 0 Å². The van der Waals surface area contributed by atoms with Crippen molar-refractivity contribution in [1.82, 2.24) is 9.55 Å². The highest BCUT2D eigenvalue weighted by Gasteiger charge is 2.34. The molecule has 0 saturated heterocycles. The highest BCUT2D eigenvalue weighted by atomic mass is 16.3. The van der Waals surface area contributed by atoms with Crippen molar-refractivity contribution in [2.75, 3.05) is 0 Å². The number of aromatic nitrogens is 3. The van der Waals surface area contributed by atoms with Crippen LogP contribution in [0.4, 0.5) is 0 Å². The lowest BCUT2D eigenvalue weighted by atomic mass is 9.88. The Morgan fingerprint density at radius 3 is 2.14 bits per heavy atom. The molecule has 0 aliphatic rings. The first-order valence-electron chi connectivity index (χ1n) is 18.8. The predicted molar refractivity (Wildman–Crippen MR) is 205 cm³/mol. The van der Waals surface area contributed by atoms with Crippen LogP contribution in [-0.4, -0.2) is 9.55 Å². The zero-order chi connectivity index (χ0) is 36.9. The van der Waals surface area contributed by atoms with Crippen LogP contribution in [0.15, 0.2) is 112 Å². The van der Waals surface area contributed by atoms with Crippen molar-refractivity contribution in [3.8, 4) is 28.2 Å². The number of hydrogen-bond donors (Lipinski definition) is 0. The Morgan fingerprint density at radius 2 is 1.40 bits per heavy atom. The molecule has 5 aromatic carbocycles. The van der Waals surface area contributed by atoms with E-state index in [-0.39, 0.29) is 17.5 Å². The van der Waals surface area contributed by atoms with Crippen LogP contribution in [-0.2, 0) is 7.05 Å². The van der Waals surface area contributed by atoms with Crippen LogP contribution in [0.25, 0.3) is 83.2 Å². The molecule has 5 nitrogen and oxygen atoms in total. The molecule has 9 rings (SSSR count). The van der Waals surface area contributed by atoms with Gasteiger partial charge in [-0.1, -0.05) is 82.3 Å². The maximum Gasteiger partial charge on any atom is 0.299 e. The maximum absolute atomic E-state index is 7.93. The van der Waals surface area contributed by atoms with E-state index in [1.165, 1.54) is 34.0 Å². The van der Waals surface area contributed by atoms with Gasteiger partial charge in [-0.05, 0) is 90.8 Å². The number of hydrogen-bond acceptors (Lipinski definition) is 3. The Hall–Kier alpha value is -5.68. The van der Waals surface area contributed by atoms with E-state index in [4.69, 9.17) is 12.9 Å². The van der Waals surface area contributed by atoms with Crippen molar-refractivity contribution in [3.63, 3.8) is 0 Å². The van der Waals surface area contributed by atoms with Crippen molar-refractivity contribution < 1.29 is 17.5 Å². The van der Waals surface area contributed by atoms with E-state index < -0.39 is 6.85 Å². The van der Waals surface area contributed by atoms with Gasteiger partial charge in [0.15, 0.2) is 22.2 Å². The third kappa shape index (κ3) is 4.39. The number of furan rings is 2. The van der Waals surface area contributed by atoms with Gasteiger partial charge in [-0.25, -0.2) is 9.55 Å². The van der Waals surface area contributed by atoms with E-state index in [0.717, 1.165) is 49.7 Å². The molecule has 50 heavy (non-hydrogen) atoms. The average Bonchev–Trinajstić information content (AvgIpc) is 3.80. The quantitative estimate of drug-likeness (QED) is 0.173. The lowest BCUT2D eigenvalue weighted by Crippen LogP contribution is -2.30. The second-order valence-corrected chi connectivity index (χ2v) is 14.1. The molecule has 0 unspecified atom stereocenters. The van der Waals surface area contributed by atoms with Crippen molar-refractivity contribution in [2.24, 2.45) is 7.05 Å². The number of aryl methyl sites for hydroxylation is 3. The van der Waals surface area contributed by atoms with Gasteiger partial charge in [-0.15, -0.1) is 0 Å². The number of imidazole rings is 1. The minimum atomic E-state index is -2.32. The van der Waals surface area contributed by atoms with E-state index in [2.05, 4.69) is 135 Å². The zero-order valence-corrected chi connectivity index (χ0v) is 29.1. The number of benzene rings is 5. The lowest BCUT2D eigenvalue weighted by Gasteiger charge is -2.21. The minimum absolute atomic E-state index is 0.0430. The third-order valence-corrected chi connectivity index (χ3v) is 10.3. The molecule has 246 valence electrons. The summed E-state index contributed by atoms with van der Waals surface area (Å²) in [4.78, 5) is 4.54. The summed E-state index contributed by atoms with van der Waals surface area (Å²) >= 11 is 0. The number of nitrogens with zero attached hydrogens (tertiary/aromatic N) is 3. The SMILES string of the molecule is [2H]C([2H])([2H])c1ccc2oc3c(ccc4oc5c(-c6n(-c7c(C(C)C)cc(-c8ccccc8)cc7C(C)C)c7ccccc7[n+]6C)c(C)ccc5c43)c2n1. The standard InChI is InChI=1S/C45H40N3O2/c1-25(2)33-23-30(29-13-9-8-10-14-29)24-34(26(3)4)42(33)48-36-16-12-11-15-35(36)47(7)45(48)39-27(5)17-19-31-40-37(49-43(31)39)22-20-32-41-38(50-44(32)40)21-18-28(6)46-41/h8-26H,1-7H3/q+1/i6D3. The summed E-state index contributed by atoms with van der Waals surface area (Å²) in [5.74, 6) is 1.51. The summed E-state index contributed by atoms with van der Waals surface area (Å²) in [5.41, 5.74) is 13.7. The van der Waals surface area contributed by atoms with Crippen molar-refractivity contribution >= 4 is 55.0 Å². The first kappa shape index (κ1) is 27.2. The minimum Gasteiger partial charge on any atom is -0.455 e. The Kier molecular flexibility index (Phi) is 6.07. The predicted octanol–water partition coefficient (Wildman–Crippen LogP) is 11.8. The number of rotatable bonds is 5. The molecule has 0 radical (unpaired) electrons. The molecule has 0 amide bonds. The molecule has 0 N–H and O–H groups in total. The van der Waals surface area contributed by atoms with E-state index in [1.807, 2.05) is 12.1 Å². The van der Waals surface area contributed by atoms with Crippen LogP contribution >= 0.6 is 0 Å². The Morgan fingerprint density at radius 1 is 0.720 bits per heavy atom. The molecule has 4 aromatic heterocycles. The molecule has 0 saturated carbocycles. The molecule has 9 aromatic rings. The van der Waals surface area contributed by atoms with Gasteiger partial charge in [-0.2, -0.15) is 4.57 Å². The summed E-state index contributed by atoms with van der Waals surface area (Å²) < 4.78 is 41.9. The highest BCUT2D eigenvalue weighted by Crippen LogP contribution is 2.45. The first-order chi connectivity index (χ1) is 25.4. The lowest BCUT2D eigenvalue weighted by molar-refractivity contribution is -0.633. The second-order valence-electron chi connectivity index (χ2n) is 14.1. The summed E-state index contributed by atoms with van der Waals surface area (Å²) in [6, 6.07) is 35.4. The Balaban J connectivity index is 1.38. The molecule has 0 bridgehead atoms. The van der Waals surface area contributed by atoms with Gasteiger partial charge in [0.2, 0.25) is 0 Å². The largest absolute Gasteiger partial charge is 0.455 e. The molecular formula is C45H40N3O2+. The van der Waals surface area contributed by atoms with E-state index in [9.17, 15) is 0 Å². The van der Waals surface area contributed by atoms with Gasteiger partial charge in [0.25, 0.3) is 5.82 Å². The van der Waals surface area contributed by atoms with E-state index in [0.29, 0.717) is 22.3 Å². The van der Waals surface area contributed by atoms with Crippen LogP contribution in [0, 0.1) is 13.8 Å². The van der Waals surface area contributed by atoms with Gasteiger partial charge >= 0.3 is 0 Å². The molecular weight excluding hydrogens is 615 g/mol. The summed E-state index contributed by atoms with van der Waals surface area (Å²) in [6.07, 6.45) is 0. The molecule has 0 fully saturated rings. The summed E-state index contributed by atoms with van der Waals surface area (Å²) in [6.45, 7) is 8.95. The summed E-state index contributed by atoms with van der Waals surface area (Å²) in [5, 5.41) is 2.52. The van der Waals surface area contributed by atoms with Crippen molar-refractivity contribution in [1.29, 1.82) is 0 Å². The van der Waals surface area contributed by atoms with Gasteiger partial charge in [0.05, 0.1) is 12.4 Å². The third-order valence-electron chi connectivity index (χ3n) is 10.3. The fourth-order valence-electron chi connectivity index (χ4n) is 7.84. The average molecular weight is 658 g/mol.